The van der Waals surface area contributed by atoms with Gasteiger partial charge in [-0.15, -0.1) is 0 Å². The Morgan fingerprint density at radius 1 is 1.21 bits per heavy atom. The number of hydrogen-bond donors (Lipinski definition) is 0. The number of aryl methyl sites for hydroxylation is 2. The summed E-state index contributed by atoms with van der Waals surface area (Å²) in [6.07, 6.45) is 0.827. The van der Waals surface area contributed by atoms with Crippen molar-refractivity contribution in [1.29, 1.82) is 0 Å². The predicted octanol–water partition coefficient (Wildman–Crippen LogP) is 4.35. The molecule has 0 aromatic heterocycles. The van der Waals surface area contributed by atoms with Gasteiger partial charge < -0.3 is 4.74 Å². The van der Waals surface area contributed by atoms with Gasteiger partial charge in [-0.25, -0.2) is 0 Å². The van der Waals surface area contributed by atoms with Crippen LogP contribution < -0.4 is 4.74 Å². The van der Waals surface area contributed by atoms with Gasteiger partial charge in [0.1, 0.15) is 12.4 Å². The molecule has 0 heterocycles. The molecular weight excluding hydrogens is 260 g/mol. The van der Waals surface area contributed by atoms with E-state index in [0.29, 0.717) is 22.9 Å². The molecule has 0 aliphatic heterocycles. The molecule has 0 aliphatic rings. The van der Waals surface area contributed by atoms with Crippen molar-refractivity contribution < 1.29 is 9.53 Å². The number of ether oxygens (including phenoxy) is 1. The van der Waals surface area contributed by atoms with Gasteiger partial charge in [0, 0.05) is 5.02 Å². The lowest BCUT2D eigenvalue weighted by atomic mass is 10.1. The first-order valence-electron chi connectivity index (χ1n) is 6.04. The van der Waals surface area contributed by atoms with Crippen LogP contribution in [-0.4, -0.2) is 6.29 Å². The smallest absolute Gasteiger partial charge is 0.153 e. The summed E-state index contributed by atoms with van der Waals surface area (Å²) in [4.78, 5) is 11.1. The molecule has 2 aromatic rings. The number of carbonyl (C=O) groups is 1. The van der Waals surface area contributed by atoms with Crippen molar-refractivity contribution >= 4 is 17.9 Å². The molecule has 0 saturated heterocycles. The zero-order chi connectivity index (χ0) is 13.8. The second-order valence-electron chi connectivity index (χ2n) is 4.54. The highest BCUT2D eigenvalue weighted by Crippen LogP contribution is 2.25. The minimum atomic E-state index is 0.394. The van der Waals surface area contributed by atoms with Gasteiger partial charge in [0.15, 0.2) is 6.29 Å². The monoisotopic (exact) mass is 274 g/mol. The maximum atomic E-state index is 11.1. The molecule has 0 amide bonds. The van der Waals surface area contributed by atoms with E-state index in [1.807, 2.05) is 50.2 Å². The van der Waals surface area contributed by atoms with Crippen molar-refractivity contribution in [3.05, 3.63) is 63.7 Å². The van der Waals surface area contributed by atoms with Crippen molar-refractivity contribution in [3.8, 4) is 5.75 Å². The normalized spacial score (nSPS) is 10.3. The number of aldehydes is 1. The minimum Gasteiger partial charge on any atom is -0.488 e. The Balaban J connectivity index is 2.22. The standard InChI is InChI=1S/C16H15ClO2/c1-11-6-12(2)16(14(7-11)9-18)19-10-13-4-3-5-15(17)8-13/h3-9H,10H2,1-2H3. The summed E-state index contributed by atoms with van der Waals surface area (Å²) in [5, 5.41) is 0.678. The summed E-state index contributed by atoms with van der Waals surface area (Å²) >= 11 is 5.93. The SMILES string of the molecule is Cc1cc(C)c(OCc2cccc(Cl)c2)c(C=O)c1. The molecule has 3 heteroatoms. The fourth-order valence-electron chi connectivity index (χ4n) is 2.05. The number of hydrogen-bond acceptors (Lipinski definition) is 2. The highest BCUT2D eigenvalue weighted by Gasteiger charge is 2.08. The van der Waals surface area contributed by atoms with Crippen LogP contribution in [0.5, 0.6) is 5.75 Å². The first kappa shape index (κ1) is 13.6. The molecule has 98 valence electrons. The lowest BCUT2D eigenvalue weighted by Gasteiger charge is -2.12. The van der Waals surface area contributed by atoms with Crippen LogP contribution in [0.3, 0.4) is 0 Å². The molecule has 2 nitrogen and oxygen atoms in total. The molecule has 0 spiro atoms. The van der Waals surface area contributed by atoms with Gasteiger partial charge in [0.05, 0.1) is 5.56 Å². The van der Waals surface area contributed by atoms with E-state index in [1.54, 1.807) is 0 Å². The van der Waals surface area contributed by atoms with Crippen LogP contribution in [-0.2, 0) is 6.61 Å². The van der Waals surface area contributed by atoms with Crippen LogP contribution in [0.4, 0.5) is 0 Å². The Hall–Kier alpha value is -1.80. The maximum absolute atomic E-state index is 11.1. The Morgan fingerprint density at radius 3 is 2.68 bits per heavy atom. The third-order valence-corrected chi connectivity index (χ3v) is 3.08. The molecule has 0 atom stereocenters. The van der Waals surface area contributed by atoms with E-state index in [1.165, 1.54) is 0 Å². The minimum absolute atomic E-state index is 0.394. The molecule has 0 aliphatic carbocycles. The number of carbonyl (C=O) groups excluding carboxylic acids is 1. The first-order chi connectivity index (χ1) is 9.10. The Kier molecular flexibility index (Phi) is 4.23. The maximum Gasteiger partial charge on any atom is 0.153 e. The molecule has 2 rings (SSSR count). The van der Waals surface area contributed by atoms with Crippen molar-refractivity contribution in [2.75, 3.05) is 0 Å². The Labute approximate surface area is 118 Å². The van der Waals surface area contributed by atoms with E-state index in [-0.39, 0.29) is 0 Å². The molecule has 0 N–H and O–H groups in total. The Morgan fingerprint density at radius 2 is 2.00 bits per heavy atom. The van der Waals surface area contributed by atoms with Crippen LogP contribution in [0.15, 0.2) is 36.4 Å². The first-order valence-corrected chi connectivity index (χ1v) is 6.41. The lowest BCUT2D eigenvalue weighted by molar-refractivity contribution is 0.111. The van der Waals surface area contributed by atoms with Crippen molar-refractivity contribution in [2.24, 2.45) is 0 Å². The molecule has 0 radical (unpaired) electrons. The lowest BCUT2D eigenvalue weighted by Crippen LogP contribution is -2.01. The third kappa shape index (κ3) is 3.36. The van der Waals surface area contributed by atoms with Crippen molar-refractivity contribution in [1.82, 2.24) is 0 Å². The summed E-state index contributed by atoms with van der Waals surface area (Å²) in [5.74, 6) is 0.639. The fraction of sp³-hybridized carbons (Fsp3) is 0.188. The van der Waals surface area contributed by atoms with Crippen LogP contribution in [0.2, 0.25) is 5.02 Å². The van der Waals surface area contributed by atoms with Crippen LogP contribution >= 0.6 is 11.6 Å². The summed E-state index contributed by atoms with van der Waals surface area (Å²) in [6.45, 7) is 4.29. The quantitative estimate of drug-likeness (QED) is 0.775. The van der Waals surface area contributed by atoms with Gasteiger partial charge in [-0.1, -0.05) is 29.8 Å². The number of rotatable bonds is 4. The highest BCUT2D eigenvalue weighted by molar-refractivity contribution is 6.30. The Bertz CT molecular complexity index is 606. The van der Waals surface area contributed by atoms with E-state index in [0.717, 1.165) is 23.0 Å². The van der Waals surface area contributed by atoms with Crippen LogP contribution in [0.25, 0.3) is 0 Å². The van der Waals surface area contributed by atoms with Crippen molar-refractivity contribution in [2.45, 2.75) is 20.5 Å². The van der Waals surface area contributed by atoms with Gasteiger partial charge in [-0.05, 0) is 48.7 Å². The number of benzene rings is 2. The van der Waals surface area contributed by atoms with Gasteiger partial charge in [0.25, 0.3) is 0 Å². The topological polar surface area (TPSA) is 26.3 Å². The molecule has 0 unspecified atom stereocenters. The zero-order valence-electron chi connectivity index (χ0n) is 10.9. The molecule has 2 aromatic carbocycles. The van der Waals surface area contributed by atoms with Crippen LogP contribution in [0.1, 0.15) is 27.0 Å². The van der Waals surface area contributed by atoms with E-state index in [4.69, 9.17) is 16.3 Å². The average molecular weight is 275 g/mol. The summed E-state index contributed by atoms with van der Waals surface area (Å²) in [5.41, 5.74) is 3.57. The summed E-state index contributed by atoms with van der Waals surface area (Å²) in [7, 11) is 0. The fourth-order valence-corrected chi connectivity index (χ4v) is 2.27. The summed E-state index contributed by atoms with van der Waals surface area (Å²) in [6, 6.07) is 11.3. The second kappa shape index (κ2) is 5.89. The molecule has 0 bridgehead atoms. The van der Waals surface area contributed by atoms with Gasteiger partial charge in [-0.2, -0.15) is 0 Å². The predicted molar refractivity (Wildman–Crippen MR) is 77.1 cm³/mol. The highest BCUT2D eigenvalue weighted by atomic mass is 35.5. The average Bonchev–Trinajstić information content (AvgIpc) is 2.37. The van der Waals surface area contributed by atoms with Gasteiger partial charge in [-0.3, -0.25) is 4.79 Å². The molecule has 0 saturated carbocycles. The molecule has 0 fully saturated rings. The summed E-state index contributed by atoms with van der Waals surface area (Å²) < 4.78 is 5.76. The van der Waals surface area contributed by atoms with E-state index < -0.39 is 0 Å². The van der Waals surface area contributed by atoms with Crippen LogP contribution in [0, 0.1) is 13.8 Å². The molecular formula is C16H15ClO2. The van der Waals surface area contributed by atoms with E-state index >= 15 is 0 Å². The second-order valence-corrected chi connectivity index (χ2v) is 4.97. The van der Waals surface area contributed by atoms with Crippen molar-refractivity contribution in [3.63, 3.8) is 0 Å². The molecule has 19 heavy (non-hydrogen) atoms. The third-order valence-electron chi connectivity index (χ3n) is 2.85. The van der Waals surface area contributed by atoms with Gasteiger partial charge in [0.2, 0.25) is 0 Å². The zero-order valence-corrected chi connectivity index (χ0v) is 11.7. The van der Waals surface area contributed by atoms with E-state index in [2.05, 4.69) is 0 Å². The van der Waals surface area contributed by atoms with Gasteiger partial charge >= 0.3 is 0 Å². The largest absolute Gasteiger partial charge is 0.488 e. The number of halogens is 1. The van der Waals surface area contributed by atoms with E-state index in [9.17, 15) is 4.79 Å².